The zero-order chi connectivity index (χ0) is 20.8. The van der Waals surface area contributed by atoms with Crippen molar-refractivity contribution in [3.63, 3.8) is 0 Å². The summed E-state index contributed by atoms with van der Waals surface area (Å²) >= 11 is 0. The minimum Gasteiger partial charge on any atom is -0.496 e. The van der Waals surface area contributed by atoms with Gasteiger partial charge in [0.2, 0.25) is 0 Å². The number of carbonyl (C=O) groups excluding carboxylic acids is 2. The summed E-state index contributed by atoms with van der Waals surface area (Å²) in [7, 11) is 1.40. The van der Waals surface area contributed by atoms with Gasteiger partial charge in [0.15, 0.2) is 0 Å². The van der Waals surface area contributed by atoms with E-state index in [9.17, 15) is 19.7 Å². The maximum Gasteiger partial charge on any atom is 0.270 e. The summed E-state index contributed by atoms with van der Waals surface area (Å²) in [5.41, 5.74) is 1.25. The summed E-state index contributed by atoms with van der Waals surface area (Å²) in [6.07, 6.45) is 3.19. The molecule has 152 valence electrons. The third-order valence-electron chi connectivity index (χ3n) is 4.91. The molecule has 0 unspecified atom stereocenters. The summed E-state index contributed by atoms with van der Waals surface area (Å²) in [6, 6.07) is 11.0. The molecule has 0 spiro atoms. The van der Waals surface area contributed by atoms with Gasteiger partial charge in [0.1, 0.15) is 5.75 Å². The number of likely N-dealkylation sites (tertiary alicyclic amines) is 1. The van der Waals surface area contributed by atoms with Gasteiger partial charge in [0.25, 0.3) is 17.5 Å². The highest BCUT2D eigenvalue weighted by molar-refractivity contribution is 5.97. The van der Waals surface area contributed by atoms with Crippen LogP contribution in [-0.2, 0) is 6.54 Å². The lowest BCUT2D eigenvalue weighted by atomic mass is 10.1. The molecule has 29 heavy (non-hydrogen) atoms. The van der Waals surface area contributed by atoms with Gasteiger partial charge in [-0.2, -0.15) is 0 Å². The van der Waals surface area contributed by atoms with Crippen molar-refractivity contribution in [1.29, 1.82) is 0 Å². The van der Waals surface area contributed by atoms with Crippen LogP contribution >= 0.6 is 0 Å². The first kappa shape index (κ1) is 20.3. The average Bonchev–Trinajstić information content (AvgIpc) is 2.77. The Labute approximate surface area is 168 Å². The molecule has 0 aliphatic carbocycles. The molecule has 2 amide bonds. The van der Waals surface area contributed by atoms with E-state index in [-0.39, 0.29) is 29.5 Å². The summed E-state index contributed by atoms with van der Waals surface area (Å²) in [5, 5.41) is 13.7. The number of nitrogens with zero attached hydrogens (tertiary/aromatic N) is 2. The smallest absolute Gasteiger partial charge is 0.270 e. The Hall–Kier alpha value is -3.42. The molecule has 2 aromatic rings. The lowest BCUT2D eigenvalue weighted by Gasteiger charge is -2.26. The van der Waals surface area contributed by atoms with Crippen molar-refractivity contribution in [3.05, 3.63) is 69.3 Å². The first-order chi connectivity index (χ1) is 14.0. The fraction of sp³-hybridized carbons (Fsp3) is 0.333. The Bertz CT molecular complexity index is 922. The van der Waals surface area contributed by atoms with Crippen LogP contribution in [0.3, 0.4) is 0 Å². The minimum atomic E-state index is -0.564. The molecule has 0 aromatic heterocycles. The molecule has 8 heteroatoms. The maximum absolute atomic E-state index is 12.7. The second-order valence-electron chi connectivity index (χ2n) is 6.88. The standard InChI is InChI=1S/C21H23N3O5/c1-29-19-9-8-17(24(27)28)13-18(19)20(25)22-14-15-6-5-7-16(12-15)21(26)23-10-3-2-4-11-23/h5-9,12-13H,2-4,10-11,14H2,1H3,(H,22,25). The first-order valence-corrected chi connectivity index (χ1v) is 9.48. The van der Waals surface area contributed by atoms with Crippen molar-refractivity contribution in [2.45, 2.75) is 25.8 Å². The van der Waals surface area contributed by atoms with Crippen LogP contribution < -0.4 is 10.1 Å². The van der Waals surface area contributed by atoms with Crippen molar-refractivity contribution < 1.29 is 19.2 Å². The lowest BCUT2D eigenvalue weighted by molar-refractivity contribution is -0.384. The monoisotopic (exact) mass is 397 g/mol. The van der Waals surface area contributed by atoms with Gasteiger partial charge in [-0.15, -0.1) is 0 Å². The fourth-order valence-corrected chi connectivity index (χ4v) is 3.36. The summed E-state index contributed by atoms with van der Waals surface area (Å²) in [4.78, 5) is 37.5. The molecule has 8 nitrogen and oxygen atoms in total. The van der Waals surface area contributed by atoms with Gasteiger partial charge >= 0.3 is 0 Å². The molecular weight excluding hydrogens is 374 g/mol. The summed E-state index contributed by atoms with van der Waals surface area (Å²) in [5.74, 6) is -0.237. The Morgan fingerprint density at radius 3 is 2.59 bits per heavy atom. The van der Waals surface area contributed by atoms with Crippen LogP contribution in [0.25, 0.3) is 0 Å². The number of hydrogen-bond donors (Lipinski definition) is 1. The van der Waals surface area contributed by atoms with Crippen LogP contribution in [0.15, 0.2) is 42.5 Å². The number of nitrogens with one attached hydrogen (secondary N) is 1. The number of rotatable bonds is 6. The zero-order valence-electron chi connectivity index (χ0n) is 16.2. The van der Waals surface area contributed by atoms with E-state index in [1.54, 1.807) is 18.2 Å². The number of nitro groups is 1. The largest absolute Gasteiger partial charge is 0.496 e. The number of nitro benzene ring substituents is 1. The first-order valence-electron chi connectivity index (χ1n) is 9.48. The summed E-state index contributed by atoms with van der Waals surface area (Å²) in [6.45, 7) is 1.73. The fourth-order valence-electron chi connectivity index (χ4n) is 3.36. The Kier molecular flexibility index (Phi) is 6.43. The van der Waals surface area contributed by atoms with E-state index in [1.807, 2.05) is 11.0 Å². The van der Waals surface area contributed by atoms with Crippen LogP contribution in [0.5, 0.6) is 5.75 Å². The Morgan fingerprint density at radius 1 is 1.14 bits per heavy atom. The third kappa shape index (κ3) is 4.90. The summed E-state index contributed by atoms with van der Waals surface area (Å²) < 4.78 is 5.14. The van der Waals surface area contributed by atoms with Crippen molar-refractivity contribution in [1.82, 2.24) is 10.2 Å². The van der Waals surface area contributed by atoms with Crippen LogP contribution in [0.4, 0.5) is 5.69 Å². The number of ether oxygens (including phenoxy) is 1. The zero-order valence-corrected chi connectivity index (χ0v) is 16.2. The normalized spacial score (nSPS) is 13.6. The van der Waals surface area contributed by atoms with E-state index in [1.165, 1.54) is 25.3 Å². The topological polar surface area (TPSA) is 102 Å². The molecule has 1 fully saturated rings. The molecule has 1 heterocycles. The number of amides is 2. The van der Waals surface area contributed by atoms with E-state index < -0.39 is 10.8 Å². The molecule has 0 atom stereocenters. The lowest BCUT2D eigenvalue weighted by Crippen LogP contribution is -2.35. The molecule has 1 N–H and O–H groups in total. The highest BCUT2D eigenvalue weighted by Crippen LogP contribution is 2.24. The maximum atomic E-state index is 12.7. The van der Waals surface area contributed by atoms with Gasteiger partial charge in [-0.3, -0.25) is 19.7 Å². The average molecular weight is 397 g/mol. The van der Waals surface area contributed by atoms with Gasteiger partial charge < -0.3 is 15.0 Å². The third-order valence-corrected chi connectivity index (χ3v) is 4.91. The number of benzene rings is 2. The molecule has 1 aliphatic rings. The molecule has 0 saturated carbocycles. The SMILES string of the molecule is COc1ccc([N+](=O)[O-])cc1C(=O)NCc1cccc(C(=O)N2CCCCC2)c1. The minimum absolute atomic E-state index is 0.00164. The van der Waals surface area contributed by atoms with E-state index in [2.05, 4.69) is 5.32 Å². The Morgan fingerprint density at radius 2 is 1.90 bits per heavy atom. The van der Waals surface area contributed by atoms with Crippen molar-refractivity contribution >= 4 is 17.5 Å². The van der Waals surface area contributed by atoms with Gasteiger partial charge in [-0.1, -0.05) is 12.1 Å². The second-order valence-corrected chi connectivity index (χ2v) is 6.88. The number of methoxy groups -OCH3 is 1. The van der Waals surface area contributed by atoms with E-state index in [0.717, 1.165) is 37.9 Å². The van der Waals surface area contributed by atoms with E-state index in [0.29, 0.717) is 5.56 Å². The van der Waals surface area contributed by atoms with Crippen LogP contribution in [0.1, 0.15) is 45.5 Å². The molecular formula is C21H23N3O5. The highest BCUT2D eigenvalue weighted by atomic mass is 16.6. The van der Waals surface area contributed by atoms with E-state index in [4.69, 9.17) is 4.74 Å². The van der Waals surface area contributed by atoms with Gasteiger partial charge in [0, 0.05) is 37.3 Å². The number of piperidine rings is 1. The number of carbonyl (C=O) groups is 2. The van der Waals surface area contributed by atoms with Crippen LogP contribution in [-0.4, -0.2) is 41.8 Å². The molecule has 1 saturated heterocycles. The Balaban J connectivity index is 1.70. The van der Waals surface area contributed by atoms with Crippen molar-refractivity contribution in [3.8, 4) is 5.75 Å². The van der Waals surface area contributed by atoms with Crippen LogP contribution in [0.2, 0.25) is 0 Å². The number of hydrogen-bond acceptors (Lipinski definition) is 5. The quantitative estimate of drug-likeness (QED) is 0.596. The molecule has 1 aliphatic heterocycles. The number of non-ortho nitro benzene ring substituents is 1. The van der Waals surface area contributed by atoms with E-state index >= 15 is 0 Å². The predicted molar refractivity (Wildman–Crippen MR) is 107 cm³/mol. The molecule has 0 bridgehead atoms. The molecule has 2 aromatic carbocycles. The van der Waals surface area contributed by atoms with Gasteiger partial charge in [0.05, 0.1) is 17.6 Å². The molecule has 3 rings (SSSR count). The van der Waals surface area contributed by atoms with Crippen molar-refractivity contribution in [2.75, 3.05) is 20.2 Å². The van der Waals surface area contributed by atoms with Crippen molar-refractivity contribution in [2.24, 2.45) is 0 Å². The second kappa shape index (κ2) is 9.18. The molecule has 0 radical (unpaired) electrons. The van der Waals surface area contributed by atoms with Gasteiger partial charge in [-0.05, 0) is 43.0 Å². The highest BCUT2D eigenvalue weighted by Gasteiger charge is 2.19. The van der Waals surface area contributed by atoms with Gasteiger partial charge in [-0.25, -0.2) is 0 Å². The predicted octanol–water partition coefficient (Wildman–Crippen LogP) is 3.16. The van der Waals surface area contributed by atoms with Crippen LogP contribution in [0, 0.1) is 10.1 Å².